The van der Waals surface area contributed by atoms with Gasteiger partial charge in [-0.25, -0.2) is 8.42 Å². The van der Waals surface area contributed by atoms with Crippen LogP contribution >= 0.6 is 0 Å². The second-order valence-corrected chi connectivity index (χ2v) is 8.93. The van der Waals surface area contributed by atoms with E-state index in [1.54, 1.807) is 11.8 Å². The molecule has 118 valence electrons. The minimum Gasteiger partial charge on any atom is -0.393 e. The Hall–Kier alpha value is -0.620. The van der Waals surface area contributed by atoms with Gasteiger partial charge in [0.2, 0.25) is 5.91 Å². The van der Waals surface area contributed by atoms with Crippen molar-refractivity contribution in [3.05, 3.63) is 0 Å². The molecule has 1 saturated heterocycles. The molecule has 6 heteroatoms. The molecular formula is C14H27NO4S. The second-order valence-electron chi connectivity index (χ2n) is 6.37. The summed E-state index contributed by atoms with van der Waals surface area (Å²) in [4.78, 5) is 14.4. The summed E-state index contributed by atoms with van der Waals surface area (Å²) < 4.78 is 22.3. The van der Waals surface area contributed by atoms with Crippen LogP contribution in [0.3, 0.4) is 0 Å². The average molecular weight is 305 g/mol. The van der Waals surface area contributed by atoms with Crippen LogP contribution in [0.5, 0.6) is 0 Å². The van der Waals surface area contributed by atoms with E-state index >= 15 is 0 Å². The van der Waals surface area contributed by atoms with Gasteiger partial charge in [0.15, 0.2) is 9.84 Å². The molecule has 1 N–H and O–H groups in total. The molecule has 1 fully saturated rings. The first-order valence-electron chi connectivity index (χ1n) is 7.26. The fourth-order valence-electron chi connectivity index (χ4n) is 2.59. The summed E-state index contributed by atoms with van der Waals surface area (Å²) in [7, 11) is -3.47. The number of hydrogen-bond acceptors (Lipinski definition) is 4. The monoisotopic (exact) mass is 305 g/mol. The van der Waals surface area contributed by atoms with Crippen molar-refractivity contribution in [3.63, 3.8) is 0 Å². The lowest BCUT2D eigenvalue weighted by Crippen LogP contribution is -2.53. The van der Waals surface area contributed by atoms with E-state index in [0.717, 1.165) is 31.9 Å². The molecule has 0 aliphatic carbocycles. The fraction of sp³-hybridized carbons (Fsp3) is 0.929. The first-order valence-corrected chi connectivity index (χ1v) is 9.15. The SMILES string of the molecule is CC(O)CC1CCCCCN1C(=O)C(C)(C)S(C)(=O)=O. The lowest BCUT2D eigenvalue weighted by atomic mass is 10.0. The third kappa shape index (κ3) is 3.95. The predicted octanol–water partition coefficient (Wildman–Crippen LogP) is 1.35. The predicted molar refractivity (Wildman–Crippen MR) is 79.2 cm³/mol. The Morgan fingerprint density at radius 1 is 1.35 bits per heavy atom. The minimum absolute atomic E-state index is 0.0639. The van der Waals surface area contributed by atoms with Gasteiger partial charge in [-0.05, 0) is 40.0 Å². The zero-order valence-electron chi connectivity index (χ0n) is 12.9. The van der Waals surface area contributed by atoms with Crippen LogP contribution in [0.2, 0.25) is 0 Å². The second kappa shape index (κ2) is 6.43. The number of sulfone groups is 1. The molecule has 1 aliphatic rings. The lowest BCUT2D eigenvalue weighted by Gasteiger charge is -2.36. The van der Waals surface area contributed by atoms with E-state index in [1.807, 2.05) is 0 Å². The van der Waals surface area contributed by atoms with E-state index < -0.39 is 20.7 Å². The number of rotatable bonds is 4. The molecule has 0 radical (unpaired) electrons. The third-order valence-electron chi connectivity index (χ3n) is 4.19. The molecule has 1 aliphatic heterocycles. The zero-order valence-corrected chi connectivity index (χ0v) is 13.7. The summed E-state index contributed by atoms with van der Waals surface area (Å²) in [6.45, 7) is 5.22. The van der Waals surface area contributed by atoms with Crippen molar-refractivity contribution in [1.29, 1.82) is 0 Å². The number of carbonyl (C=O) groups excluding carboxylic acids is 1. The highest BCUT2D eigenvalue weighted by Crippen LogP contribution is 2.26. The largest absolute Gasteiger partial charge is 0.393 e. The summed E-state index contributed by atoms with van der Waals surface area (Å²) in [5.41, 5.74) is 0. The van der Waals surface area contributed by atoms with Gasteiger partial charge in [0.05, 0.1) is 6.10 Å². The zero-order chi connectivity index (χ0) is 15.6. The molecule has 5 nitrogen and oxygen atoms in total. The maximum atomic E-state index is 12.7. The van der Waals surface area contributed by atoms with Crippen LogP contribution in [0.25, 0.3) is 0 Å². The molecule has 1 rings (SSSR count). The molecule has 2 unspecified atom stereocenters. The normalized spacial score (nSPS) is 23.2. The average Bonchev–Trinajstić information content (AvgIpc) is 2.51. The number of amides is 1. The summed E-state index contributed by atoms with van der Waals surface area (Å²) in [5, 5.41) is 9.60. The van der Waals surface area contributed by atoms with Gasteiger partial charge in [0, 0.05) is 18.8 Å². The van der Waals surface area contributed by atoms with Crippen LogP contribution in [-0.4, -0.2) is 54.0 Å². The molecule has 0 aromatic heterocycles. The summed E-state index contributed by atoms with van der Waals surface area (Å²) >= 11 is 0. The van der Waals surface area contributed by atoms with Gasteiger partial charge in [-0.1, -0.05) is 12.8 Å². The van der Waals surface area contributed by atoms with Crippen LogP contribution < -0.4 is 0 Å². The quantitative estimate of drug-likeness (QED) is 0.851. The Balaban J connectivity index is 3.01. The van der Waals surface area contributed by atoms with Gasteiger partial charge in [-0.3, -0.25) is 4.79 Å². The maximum absolute atomic E-state index is 12.7. The van der Waals surface area contributed by atoms with Crippen LogP contribution in [0.1, 0.15) is 52.9 Å². The number of carbonyl (C=O) groups is 1. The Morgan fingerprint density at radius 2 is 1.95 bits per heavy atom. The number of aliphatic hydroxyl groups excluding tert-OH is 1. The van der Waals surface area contributed by atoms with Gasteiger partial charge in [-0.2, -0.15) is 0 Å². The van der Waals surface area contributed by atoms with Gasteiger partial charge in [0.25, 0.3) is 0 Å². The highest BCUT2D eigenvalue weighted by atomic mass is 32.2. The Labute approximate surface area is 122 Å². The lowest BCUT2D eigenvalue weighted by molar-refractivity contribution is -0.136. The van der Waals surface area contributed by atoms with Crippen LogP contribution in [-0.2, 0) is 14.6 Å². The molecule has 0 aromatic carbocycles. The molecule has 2 atom stereocenters. The number of aliphatic hydroxyl groups is 1. The van der Waals surface area contributed by atoms with E-state index in [4.69, 9.17) is 0 Å². The smallest absolute Gasteiger partial charge is 0.243 e. The minimum atomic E-state index is -3.47. The summed E-state index contributed by atoms with van der Waals surface area (Å²) in [6, 6.07) is -0.0639. The number of likely N-dealkylation sites (tertiary alicyclic amines) is 1. The van der Waals surface area contributed by atoms with Gasteiger partial charge >= 0.3 is 0 Å². The number of nitrogens with zero attached hydrogens (tertiary/aromatic N) is 1. The van der Waals surface area contributed by atoms with E-state index in [9.17, 15) is 18.3 Å². The van der Waals surface area contributed by atoms with Gasteiger partial charge in [-0.15, -0.1) is 0 Å². The van der Waals surface area contributed by atoms with Crippen molar-refractivity contribution in [2.45, 2.75) is 69.8 Å². The van der Waals surface area contributed by atoms with Crippen molar-refractivity contribution in [1.82, 2.24) is 4.90 Å². The van der Waals surface area contributed by atoms with E-state index in [2.05, 4.69) is 0 Å². The maximum Gasteiger partial charge on any atom is 0.243 e. The van der Waals surface area contributed by atoms with Crippen LogP contribution in [0, 0.1) is 0 Å². The van der Waals surface area contributed by atoms with Crippen molar-refractivity contribution in [2.75, 3.05) is 12.8 Å². The van der Waals surface area contributed by atoms with Crippen molar-refractivity contribution >= 4 is 15.7 Å². The van der Waals surface area contributed by atoms with Crippen LogP contribution in [0.15, 0.2) is 0 Å². The van der Waals surface area contributed by atoms with Crippen molar-refractivity contribution in [2.24, 2.45) is 0 Å². The molecule has 1 amide bonds. The third-order valence-corrected chi connectivity index (χ3v) is 6.22. The van der Waals surface area contributed by atoms with E-state index in [1.165, 1.54) is 13.8 Å². The summed E-state index contributed by atoms with van der Waals surface area (Å²) in [5.74, 6) is -0.340. The molecular weight excluding hydrogens is 278 g/mol. The molecule has 20 heavy (non-hydrogen) atoms. The van der Waals surface area contributed by atoms with Gasteiger partial charge in [0.1, 0.15) is 4.75 Å². The Kier molecular flexibility index (Phi) is 5.61. The fourth-order valence-corrected chi connectivity index (χ4v) is 3.02. The topological polar surface area (TPSA) is 74.7 Å². The molecule has 0 saturated carbocycles. The highest BCUT2D eigenvalue weighted by molar-refractivity contribution is 7.92. The van der Waals surface area contributed by atoms with Gasteiger partial charge < -0.3 is 10.0 Å². The Bertz CT molecular complexity index is 442. The number of hydrogen-bond donors (Lipinski definition) is 1. The van der Waals surface area contributed by atoms with E-state index in [0.29, 0.717) is 13.0 Å². The summed E-state index contributed by atoms with van der Waals surface area (Å²) in [6.07, 6.45) is 4.89. The highest BCUT2D eigenvalue weighted by Gasteiger charge is 2.43. The molecule has 0 aromatic rings. The standard InChI is InChI=1S/C14H27NO4S/c1-11(16)10-12-8-6-5-7-9-15(12)13(17)14(2,3)20(4,18)19/h11-12,16H,5-10H2,1-4H3. The Morgan fingerprint density at radius 3 is 2.45 bits per heavy atom. The van der Waals surface area contributed by atoms with Crippen LogP contribution in [0.4, 0.5) is 0 Å². The van der Waals surface area contributed by atoms with E-state index in [-0.39, 0.29) is 11.9 Å². The first-order chi connectivity index (χ1) is 9.07. The van der Waals surface area contributed by atoms with Crippen molar-refractivity contribution < 1.29 is 18.3 Å². The first kappa shape index (κ1) is 17.4. The molecule has 0 bridgehead atoms. The molecule has 0 spiro atoms. The van der Waals surface area contributed by atoms with Crippen molar-refractivity contribution in [3.8, 4) is 0 Å². The molecule has 1 heterocycles.